The van der Waals surface area contributed by atoms with Gasteiger partial charge in [0.1, 0.15) is 0 Å². The van der Waals surface area contributed by atoms with E-state index in [1.54, 1.807) is 0 Å². The molecule has 2 heteroatoms. The lowest BCUT2D eigenvalue weighted by molar-refractivity contribution is 0.661. The fourth-order valence-electron chi connectivity index (χ4n) is 7.50. The molecule has 0 radical (unpaired) electrons. The second-order valence-electron chi connectivity index (χ2n) is 13.0. The van der Waals surface area contributed by atoms with E-state index < -0.39 is 0 Å². The van der Waals surface area contributed by atoms with Crippen molar-refractivity contribution < 1.29 is 0 Å². The molecule has 0 saturated heterocycles. The monoisotopic (exact) mass is 619 g/mol. The number of fused-ring (bicyclic) bond motifs is 7. The van der Waals surface area contributed by atoms with Gasteiger partial charge in [-0.3, -0.25) is 0 Å². The minimum absolute atomic E-state index is 0.0834. The SMILES string of the molecule is CC1(C)c2ccc(N(c3ccc(-c4ccccc4)cc3)c3ccc(-c4ccccc4)cc3)cc2-c2c1ccc1sc3ccccc3c21. The van der Waals surface area contributed by atoms with E-state index in [-0.39, 0.29) is 5.41 Å². The first kappa shape index (κ1) is 27.8. The molecular formula is C45H33NS. The Bertz CT molecular complexity index is 2320. The van der Waals surface area contributed by atoms with E-state index in [4.69, 9.17) is 0 Å². The maximum absolute atomic E-state index is 2.44. The maximum Gasteiger partial charge on any atom is 0.0468 e. The summed E-state index contributed by atoms with van der Waals surface area (Å²) in [5, 5.41) is 2.74. The standard InChI is InChI=1S/C45H33NS/c1-45(2)39-26-25-36(29-38(39)43-40(45)27-28-42-44(43)37-15-9-10-16-41(37)47-42)46(34-21-17-32(18-22-34)30-11-5-3-6-12-30)35-23-19-33(20-24-35)31-13-7-4-8-14-31/h3-29H,1-2H3. The molecule has 0 bridgehead atoms. The molecule has 0 atom stereocenters. The molecule has 9 rings (SSSR count). The van der Waals surface area contributed by atoms with Gasteiger partial charge in [0, 0.05) is 42.6 Å². The molecule has 1 aliphatic rings. The van der Waals surface area contributed by atoms with E-state index in [1.807, 2.05) is 11.3 Å². The highest BCUT2D eigenvalue weighted by Gasteiger charge is 2.37. The quantitative estimate of drug-likeness (QED) is 0.185. The Labute approximate surface area is 280 Å². The summed E-state index contributed by atoms with van der Waals surface area (Å²) >= 11 is 1.90. The molecule has 0 fully saturated rings. The predicted octanol–water partition coefficient (Wildman–Crippen LogP) is 13.2. The molecule has 0 spiro atoms. The van der Waals surface area contributed by atoms with Crippen molar-refractivity contribution in [1.82, 2.24) is 0 Å². The zero-order chi connectivity index (χ0) is 31.5. The highest BCUT2D eigenvalue weighted by Crippen LogP contribution is 2.55. The topological polar surface area (TPSA) is 3.24 Å². The van der Waals surface area contributed by atoms with Gasteiger partial charge < -0.3 is 4.90 Å². The van der Waals surface area contributed by atoms with Crippen LogP contribution in [0.2, 0.25) is 0 Å². The van der Waals surface area contributed by atoms with Crippen LogP contribution in [0.15, 0.2) is 164 Å². The molecular weight excluding hydrogens is 587 g/mol. The number of hydrogen-bond donors (Lipinski definition) is 0. The lowest BCUT2D eigenvalue weighted by atomic mass is 9.82. The van der Waals surface area contributed by atoms with Crippen LogP contribution in [0.3, 0.4) is 0 Å². The van der Waals surface area contributed by atoms with Gasteiger partial charge in [-0.2, -0.15) is 0 Å². The number of anilines is 3. The van der Waals surface area contributed by atoms with E-state index in [0.29, 0.717) is 0 Å². The Morgan fingerprint density at radius 1 is 0.447 bits per heavy atom. The fourth-order valence-corrected chi connectivity index (χ4v) is 8.61. The molecule has 0 amide bonds. The summed E-state index contributed by atoms with van der Waals surface area (Å²) in [5.74, 6) is 0. The molecule has 7 aromatic carbocycles. The van der Waals surface area contributed by atoms with Gasteiger partial charge >= 0.3 is 0 Å². The van der Waals surface area contributed by atoms with Crippen LogP contribution in [0.1, 0.15) is 25.0 Å². The van der Waals surface area contributed by atoms with Crippen molar-refractivity contribution in [3.63, 3.8) is 0 Å². The second kappa shape index (κ2) is 10.8. The number of nitrogens with zero attached hydrogens (tertiary/aromatic N) is 1. The third-order valence-corrected chi connectivity index (χ3v) is 11.0. The van der Waals surface area contributed by atoms with Gasteiger partial charge in [0.2, 0.25) is 0 Å². The van der Waals surface area contributed by atoms with Crippen LogP contribution < -0.4 is 4.90 Å². The van der Waals surface area contributed by atoms with Crippen molar-refractivity contribution >= 4 is 48.6 Å². The Hall–Kier alpha value is -5.44. The normalized spacial score (nSPS) is 13.1. The number of hydrogen-bond acceptors (Lipinski definition) is 2. The lowest BCUT2D eigenvalue weighted by Crippen LogP contribution is -2.15. The van der Waals surface area contributed by atoms with Gasteiger partial charge in [-0.25, -0.2) is 0 Å². The van der Waals surface area contributed by atoms with Gasteiger partial charge in [0.25, 0.3) is 0 Å². The van der Waals surface area contributed by atoms with Crippen molar-refractivity contribution in [1.29, 1.82) is 0 Å². The molecule has 1 aliphatic carbocycles. The predicted molar refractivity (Wildman–Crippen MR) is 202 cm³/mol. The molecule has 1 aromatic heterocycles. The van der Waals surface area contributed by atoms with Gasteiger partial charge in [-0.1, -0.05) is 129 Å². The smallest absolute Gasteiger partial charge is 0.0468 e. The van der Waals surface area contributed by atoms with E-state index >= 15 is 0 Å². The van der Waals surface area contributed by atoms with Gasteiger partial charge in [-0.05, 0) is 93.0 Å². The molecule has 0 saturated carbocycles. The van der Waals surface area contributed by atoms with Crippen molar-refractivity contribution in [2.75, 3.05) is 4.90 Å². The lowest BCUT2D eigenvalue weighted by Gasteiger charge is -2.27. The van der Waals surface area contributed by atoms with Crippen LogP contribution in [0.25, 0.3) is 53.6 Å². The van der Waals surface area contributed by atoms with Crippen LogP contribution in [-0.4, -0.2) is 0 Å². The summed E-state index contributed by atoms with van der Waals surface area (Å²) in [7, 11) is 0. The zero-order valence-corrected chi connectivity index (χ0v) is 27.3. The Morgan fingerprint density at radius 2 is 0.957 bits per heavy atom. The second-order valence-corrected chi connectivity index (χ2v) is 14.1. The highest BCUT2D eigenvalue weighted by atomic mass is 32.1. The van der Waals surface area contributed by atoms with E-state index in [2.05, 4.69) is 183 Å². The Kier molecular flexibility index (Phi) is 6.41. The first-order valence-corrected chi connectivity index (χ1v) is 17.1. The summed E-state index contributed by atoms with van der Waals surface area (Å²) < 4.78 is 2.70. The van der Waals surface area contributed by atoms with E-state index in [1.165, 1.54) is 64.7 Å². The Balaban J connectivity index is 1.23. The summed E-state index contributed by atoms with van der Waals surface area (Å²) in [5.41, 5.74) is 13.7. The van der Waals surface area contributed by atoms with Crippen LogP contribution in [0.4, 0.5) is 17.1 Å². The number of thiophene rings is 1. The summed E-state index contributed by atoms with van der Waals surface area (Å²) in [6.45, 7) is 4.75. The third-order valence-electron chi connectivity index (χ3n) is 9.89. The summed E-state index contributed by atoms with van der Waals surface area (Å²) in [6, 6.07) is 59.9. The minimum atomic E-state index is -0.0834. The molecule has 0 N–H and O–H groups in total. The van der Waals surface area contributed by atoms with Crippen LogP contribution >= 0.6 is 11.3 Å². The first-order valence-electron chi connectivity index (χ1n) is 16.3. The molecule has 8 aromatic rings. The van der Waals surface area contributed by atoms with E-state index in [9.17, 15) is 0 Å². The molecule has 1 nitrogen and oxygen atoms in total. The molecule has 1 heterocycles. The number of benzene rings is 7. The molecule has 224 valence electrons. The van der Waals surface area contributed by atoms with Crippen molar-refractivity contribution in [3.8, 4) is 33.4 Å². The van der Waals surface area contributed by atoms with Crippen LogP contribution in [-0.2, 0) is 5.41 Å². The maximum atomic E-state index is 2.44. The first-order chi connectivity index (χ1) is 23.1. The summed E-state index contributed by atoms with van der Waals surface area (Å²) in [6.07, 6.45) is 0. The minimum Gasteiger partial charge on any atom is -0.310 e. The van der Waals surface area contributed by atoms with Crippen LogP contribution in [0, 0.1) is 0 Å². The molecule has 47 heavy (non-hydrogen) atoms. The fraction of sp³-hybridized carbons (Fsp3) is 0.0667. The van der Waals surface area contributed by atoms with E-state index in [0.717, 1.165) is 17.1 Å². The van der Waals surface area contributed by atoms with Crippen molar-refractivity contribution in [3.05, 3.63) is 175 Å². The molecule has 0 unspecified atom stereocenters. The average molecular weight is 620 g/mol. The van der Waals surface area contributed by atoms with Gasteiger partial charge in [0.15, 0.2) is 0 Å². The van der Waals surface area contributed by atoms with Gasteiger partial charge in [-0.15, -0.1) is 11.3 Å². The molecule has 0 aliphatic heterocycles. The van der Waals surface area contributed by atoms with Crippen LogP contribution in [0.5, 0.6) is 0 Å². The van der Waals surface area contributed by atoms with Crippen molar-refractivity contribution in [2.24, 2.45) is 0 Å². The average Bonchev–Trinajstić information content (AvgIpc) is 3.61. The largest absolute Gasteiger partial charge is 0.310 e. The van der Waals surface area contributed by atoms with Crippen molar-refractivity contribution in [2.45, 2.75) is 19.3 Å². The number of rotatable bonds is 5. The highest BCUT2D eigenvalue weighted by molar-refractivity contribution is 7.26. The summed E-state index contributed by atoms with van der Waals surface area (Å²) in [4.78, 5) is 2.40. The third kappa shape index (κ3) is 4.52. The van der Waals surface area contributed by atoms with Gasteiger partial charge in [0.05, 0.1) is 0 Å². The Morgan fingerprint density at radius 3 is 1.57 bits per heavy atom. The zero-order valence-electron chi connectivity index (χ0n) is 26.4.